The lowest BCUT2D eigenvalue weighted by atomic mass is 10.1. The fourth-order valence-electron chi connectivity index (χ4n) is 1.49. The van der Waals surface area contributed by atoms with Gasteiger partial charge in [-0.3, -0.25) is 0 Å². The van der Waals surface area contributed by atoms with Gasteiger partial charge < -0.3 is 4.74 Å². The van der Waals surface area contributed by atoms with Gasteiger partial charge in [0.05, 0.1) is 13.3 Å². The van der Waals surface area contributed by atoms with Crippen LogP contribution in [0.15, 0.2) is 30.5 Å². The van der Waals surface area contributed by atoms with E-state index in [4.69, 9.17) is 39.5 Å². The summed E-state index contributed by atoms with van der Waals surface area (Å²) < 4.78 is 5.23. The van der Waals surface area contributed by atoms with Crippen molar-refractivity contribution in [3.63, 3.8) is 0 Å². The third-order valence-corrected chi connectivity index (χ3v) is 3.04. The second kappa shape index (κ2) is 5.13. The highest BCUT2D eigenvalue weighted by Crippen LogP contribution is 2.37. The number of benzene rings is 1. The van der Waals surface area contributed by atoms with E-state index in [-0.39, 0.29) is 0 Å². The second-order valence-electron chi connectivity index (χ2n) is 3.33. The van der Waals surface area contributed by atoms with E-state index in [1.807, 2.05) is 0 Å². The molecule has 0 bridgehead atoms. The summed E-state index contributed by atoms with van der Waals surface area (Å²) in [5.41, 5.74) is 1.53. The number of halogens is 3. The average Bonchev–Trinajstić information content (AvgIpc) is 2.32. The molecule has 0 saturated heterocycles. The van der Waals surface area contributed by atoms with Crippen LogP contribution in [0.3, 0.4) is 0 Å². The van der Waals surface area contributed by atoms with Crippen molar-refractivity contribution < 1.29 is 4.74 Å². The summed E-state index contributed by atoms with van der Waals surface area (Å²) >= 11 is 18.0. The van der Waals surface area contributed by atoms with Crippen LogP contribution in [0.1, 0.15) is 0 Å². The molecule has 88 valence electrons. The zero-order valence-electron chi connectivity index (χ0n) is 8.88. The fraction of sp³-hybridized carbons (Fsp3) is 0.0833. The summed E-state index contributed by atoms with van der Waals surface area (Å²) in [5, 5.41) is 1.55. The molecule has 0 radical (unpaired) electrons. The quantitative estimate of drug-likeness (QED) is 0.746. The van der Waals surface area contributed by atoms with Crippen LogP contribution in [0.5, 0.6) is 5.75 Å². The molecule has 0 aliphatic rings. The summed E-state index contributed by atoms with van der Waals surface area (Å²) in [6, 6.07) is 6.91. The number of hydrogen-bond acceptors (Lipinski definition) is 2. The van der Waals surface area contributed by atoms with Gasteiger partial charge in [-0.15, -0.1) is 0 Å². The topological polar surface area (TPSA) is 22.1 Å². The molecule has 0 unspecified atom stereocenters. The Kier molecular flexibility index (Phi) is 3.77. The van der Waals surface area contributed by atoms with Crippen LogP contribution in [-0.4, -0.2) is 12.1 Å². The molecule has 0 aliphatic carbocycles. The van der Waals surface area contributed by atoms with Crippen molar-refractivity contribution in [2.45, 2.75) is 0 Å². The van der Waals surface area contributed by atoms with Crippen molar-refractivity contribution in [1.29, 1.82) is 0 Å². The Labute approximate surface area is 114 Å². The van der Waals surface area contributed by atoms with Crippen molar-refractivity contribution in [2.24, 2.45) is 0 Å². The molecule has 2 aromatic rings. The third-order valence-electron chi connectivity index (χ3n) is 2.27. The molecule has 2 rings (SSSR count). The minimum Gasteiger partial charge on any atom is -0.494 e. The molecular weight excluding hydrogens is 280 g/mol. The predicted octanol–water partition coefficient (Wildman–Crippen LogP) is 4.72. The van der Waals surface area contributed by atoms with Gasteiger partial charge in [0.15, 0.2) is 0 Å². The molecule has 0 aliphatic heterocycles. The predicted molar refractivity (Wildman–Crippen MR) is 71.3 cm³/mol. The molecule has 17 heavy (non-hydrogen) atoms. The number of rotatable bonds is 2. The number of methoxy groups -OCH3 is 1. The van der Waals surface area contributed by atoms with Gasteiger partial charge in [-0.25, -0.2) is 4.98 Å². The zero-order valence-corrected chi connectivity index (χ0v) is 11.1. The van der Waals surface area contributed by atoms with Gasteiger partial charge in [-0.1, -0.05) is 34.8 Å². The van der Waals surface area contributed by atoms with E-state index in [0.29, 0.717) is 20.9 Å². The Morgan fingerprint density at radius 3 is 2.53 bits per heavy atom. The monoisotopic (exact) mass is 287 g/mol. The molecule has 1 aromatic carbocycles. The molecule has 0 spiro atoms. The Morgan fingerprint density at radius 1 is 1.06 bits per heavy atom. The first-order valence-electron chi connectivity index (χ1n) is 4.77. The van der Waals surface area contributed by atoms with Gasteiger partial charge in [0.1, 0.15) is 10.9 Å². The van der Waals surface area contributed by atoms with E-state index in [1.54, 1.807) is 37.6 Å². The van der Waals surface area contributed by atoms with Crippen molar-refractivity contribution in [3.05, 3.63) is 45.7 Å². The van der Waals surface area contributed by atoms with Gasteiger partial charge in [-0.05, 0) is 24.3 Å². The summed E-state index contributed by atoms with van der Waals surface area (Å²) in [7, 11) is 1.56. The Balaban J connectivity index is 2.66. The molecule has 1 heterocycles. The molecule has 2 nitrogen and oxygen atoms in total. The van der Waals surface area contributed by atoms with Crippen molar-refractivity contribution in [3.8, 4) is 16.9 Å². The number of pyridine rings is 1. The summed E-state index contributed by atoms with van der Waals surface area (Å²) in [6.45, 7) is 0. The smallest absolute Gasteiger partial charge is 0.145 e. The lowest BCUT2D eigenvalue weighted by Crippen LogP contribution is -1.90. The first-order chi connectivity index (χ1) is 8.11. The third kappa shape index (κ3) is 2.65. The number of aromatic nitrogens is 1. The van der Waals surface area contributed by atoms with Gasteiger partial charge in [0, 0.05) is 21.2 Å². The Morgan fingerprint density at radius 2 is 1.82 bits per heavy atom. The van der Waals surface area contributed by atoms with Crippen molar-refractivity contribution in [1.82, 2.24) is 4.98 Å². The average molecular weight is 289 g/mol. The molecule has 1 aromatic heterocycles. The van der Waals surface area contributed by atoms with Crippen molar-refractivity contribution >= 4 is 34.8 Å². The van der Waals surface area contributed by atoms with Crippen LogP contribution in [0.4, 0.5) is 0 Å². The molecule has 5 heteroatoms. The van der Waals surface area contributed by atoms with Crippen LogP contribution >= 0.6 is 34.8 Å². The van der Waals surface area contributed by atoms with Crippen LogP contribution < -0.4 is 4.74 Å². The second-order valence-corrected chi connectivity index (χ2v) is 4.56. The highest BCUT2D eigenvalue weighted by Gasteiger charge is 2.11. The molecule has 0 N–H and O–H groups in total. The van der Waals surface area contributed by atoms with Crippen LogP contribution in [0.2, 0.25) is 15.2 Å². The zero-order chi connectivity index (χ0) is 12.4. The normalized spacial score (nSPS) is 10.4. The maximum Gasteiger partial charge on any atom is 0.145 e. The summed E-state index contributed by atoms with van der Waals surface area (Å²) in [4.78, 5) is 3.95. The molecular formula is C12H8Cl3NO. The van der Waals surface area contributed by atoms with Crippen LogP contribution in [-0.2, 0) is 0 Å². The lowest BCUT2D eigenvalue weighted by Gasteiger charge is -2.10. The van der Waals surface area contributed by atoms with E-state index in [0.717, 1.165) is 11.1 Å². The van der Waals surface area contributed by atoms with Gasteiger partial charge in [0.25, 0.3) is 0 Å². The molecule has 0 fully saturated rings. The van der Waals surface area contributed by atoms with Crippen LogP contribution in [0, 0.1) is 0 Å². The van der Waals surface area contributed by atoms with E-state index < -0.39 is 0 Å². The van der Waals surface area contributed by atoms with E-state index in [2.05, 4.69) is 4.98 Å². The largest absolute Gasteiger partial charge is 0.494 e. The van der Waals surface area contributed by atoms with Gasteiger partial charge in [0.2, 0.25) is 0 Å². The number of ether oxygens (including phenoxy) is 1. The number of hydrogen-bond donors (Lipinski definition) is 0. The standard InChI is InChI=1S/C12H8Cl3NO/c1-17-11-6-16-12(15)5-9(11)8-4-7(13)2-3-10(8)14/h2-6H,1H3. The lowest BCUT2D eigenvalue weighted by molar-refractivity contribution is 0.414. The van der Waals surface area contributed by atoms with E-state index in [1.165, 1.54) is 0 Å². The Bertz CT molecular complexity index is 557. The van der Waals surface area contributed by atoms with Gasteiger partial charge >= 0.3 is 0 Å². The maximum absolute atomic E-state index is 6.13. The molecule has 0 amide bonds. The van der Waals surface area contributed by atoms with Crippen LogP contribution in [0.25, 0.3) is 11.1 Å². The highest BCUT2D eigenvalue weighted by molar-refractivity contribution is 6.35. The SMILES string of the molecule is COc1cnc(Cl)cc1-c1cc(Cl)ccc1Cl. The minimum atomic E-state index is 0.372. The molecule has 0 saturated carbocycles. The highest BCUT2D eigenvalue weighted by atomic mass is 35.5. The van der Waals surface area contributed by atoms with E-state index >= 15 is 0 Å². The first kappa shape index (κ1) is 12.5. The fourth-order valence-corrected chi connectivity index (χ4v) is 2.04. The van der Waals surface area contributed by atoms with Crippen molar-refractivity contribution in [2.75, 3.05) is 7.11 Å². The summed E-state index contributed by atoms with van der Waals surface area (Å²) in [5.74, 6) is 0.596. The number of nitrogens with zero attached hydrogens (tertiary/aromatic N) is 1. The van der Waals surface area contributed by atoms with E-state index in [9.17, 15) is 0 Å². The summed E-state index contributed by atoms with van der Waals surface area (Å²) in [6.07, 6.45) is 1.55. The Hall–Kier alpha value is -0.960. The maximum atomic E-state index is 6.13. The van der Waals surface area contributed by atoms with Gasteiger partial charge in [-0.2, -0.15) is 0 Å². The molecule has 0 atom stereocenters. The minimum absolute atomic E-state index is 0.372. The first-order valence-corrected chi connectivity index (χ1v) is 5.90.